The standard InChI is InChI=1S/C15H24N4O/c1-11(16)8-12-9-17-15(18-10-12)19-6-7-20-14-5-3-2-4-13(14)19/h9-11,13-14H,2-8,16H2,1H3. The lowest BCUT2D eigenvalue weighted by molar-refractivity contribution is -0.00932. The van der Waals surface area contributed by atoms with E-state index in [1.54, 1.807) is 0 Å². The first-order chi connectivity index (χ1) is 9.74. The molecule has 20 heavy (non-hydrogen) atoms. The Morgan fingerprint density at radius 1 is 1.35 bits per heavy atom. The van der Waals surface area contributed by atoms with Gasteiger partial charge < -0.3 is 15.4 Å². The van der Waals surface area contributed by atoms with Crippen LogP contribution in [0.1, 0.15) is 38.2 Å². The molecule has 1 aromatic heterocycles. The summed E-state index contributed by atoms with van der Waals surface area (Å²) >= 11 is 0. The van der Waals surface area contributed by atoms with Gasteiger partial charge in [-0.3, -0.25) is 0 Å². The van der Waals surface area contributed by atoms with Crippen LogP contribution in [0.2, 0.25) is 0 Å². The Balaban J connectivity index is 1.73. The van der Waals surface area contributed by atoms with Gasteiger partial charge in [0.05, 0.1) is 18.8 Å². The largest absolute Gasteiger partial charge is 0.374 e. The summed E-state index contributed by atoms with van der Waals surface area (Å²) in [7, 11) is 0. The Bertz CT molecular complexity index is 432. The molecule has 5 nitrogen and oxygen atoms in total. The lowest BCUT2D eigenvalue weighted by Crippen LogP contribution is -2.53. The van der Waals surface area contributed by atoms with Gasteiger partial charge in [0.15, 0.2) is 0 Å². The van der Waals surface area contributed by atoms with Crippen LogP contribution in [0.4, 0.5) is 5.95 Å². The van der Waals surface area contributed by atoms with E-state index in [2.05, 4.69) is 14.9 Å². The molecule has 1 aromatic rings. The Morgan fingerprint density at radius 3 is 2.85 bits per heavy atom. The number of nitrogens with zero attached hydrogens (tertiary/aromatic N) is 3. The number of hydrogen-bond acceptors (Lipinski definition) is 5. The molecule has 1 aliphatic heterocycles. The van der Waals surface area contributed by atoms with Crippen molar-refractivity contribution >= 4 is 5.95 Å². The molecule has 3 unspecified atom stereocenters. The number of morpholine rings is 1. The first-order valence-electron chi connectivity index (χ1n) is 7.69. The van der Waals surface area contributed by atoms with E-state index in [0.717, 1.165) is 31.1 Å². The van der Waals surface area contributed by atoms with Crippen LogP contribution in [-0.4, -0.2) is 41.3 Å². The monoisotopic (exact) mass is 276 g/mol. The highest BCUT2D eigenvalue weighted by atomic mass is 16.5. The maximum Gasteiger partial charge on any atom is 0.225 e. The topological polar surface area (TPSA) is 64.3 Å². The second-order valence-electron chi connectivity index (χ2n) is 6.03. The summed E-state index contributed by atoms with van der Waals surface area (Å²) in [5.41, 5.74) is 6.92. The first kappa shape index (κ1) is 13.8. The molecular formula is C15H24N4O. The SMILES string of the molecule is CC(N)Cc1cnc(N2CCOC3CCCCC32)nc1. The van der Waals surface area contributed by atoms with E-state index < -0.39 is 0 Å². The minimum absolute atomic E-state index is 0.149. The number of ether oxygens (including phenoxy) is 1. The molecular weight excluding hydrogens is 252 g/mol. The molecule has 1 saturated heterocycles. The lowest BCUT2D eigenvalue weighted by atomic mass is 9.90. The molecule has 0 spiro atoms. The van der Waals surface area contributed by atoms with Crippen molar-refractivity contribution in [1.29, 1.82) is 0 Å². The van der Waals surface area contributed by atoms with Crippen LogP contribution in [0.3, 0.4) is 0 Å². The highest BCUT2D eigenvalue weighted by Crippen LogP contribution is 2.30. The van der Waals surface area contributed by atoms with E-state index in [1.807, 2.05) is 19.3 Å². The molecule has 5 heteroatoms. The number of anilines is 1. The van der Waals surface area contributed by atoms with Gasteiger partial charge in [0.25, 0.3) is 0 Å². The zero-order valence-corrected chi connectivity index (χ0v) is 12.2. The Hall–Kier alpha value is -1.20. The van der Waals surface area contributed by atoms with E-state index in [4.69, 9.17) is 10.5 Å². The molecule has 2 fully saturated rings. The summed E-state index contributed by atoms with van der Waals surface area (Å²) in [5, 5.41) is 0. The van der Waals surface area contributed by atoms with Crippen molar-refractivity contribution in [3.63, 3.8) is 0 Å². The summed E-state index contributed by atoms with van der Waals surface area (Å²) < 4.78 is 5.90. The fourth-order valence-electron chi connectivity index (χ4n) is 3.32. The van der Waals surface area contributed by atoms with Crippen LogP contribution in [-0.2, 0) is 11.2 Å². The molecule has 2 N–H and O–H groups in total. The summed E-state index contributed by atoms with van der Waals surface area (Å²) in [6.45, 7) is 3.68. The molecule has 0 aromatic carbocycles. The van der Waals surface area contributed by atoms with Crippen LogP contribution < -0.4 is 10.6 Å². The van der Waals surface area contributed by atoms with Crippen molar-refractivity contribution in [1.82, 2.24) is 9.97 Å². The second kappa shape index (κ2) is 6.06. The molecule has 3 atom stereocenters. The highest BCUT2D eigenvalue weighted by Gasteiger charge is 2.35. The molecule has 0 radical (unpaired) electrons. The van der Waals surface area contributed by atoms with Gasteiger partial charge in [-0.25, -0.2) is 9.97 Å². The number of rotatable bonds is 3. The van der Waals surface area contributed by atoms with Crippen LogP contribution in [0.5, 0.6) is 0 Å². The first-order valence-corrected chi connectivity index (χ1v) is 7.69. The zero-order chi connectivity index (χ0) is 13.9. The Morgan fingerprint density at radius 2 is 2.10 bits per heavy atom. The van der Waals surface area contributed by atoms with E-state index in [9.17, 15) is 0 Å². The van der Waals surface area contributed by atoms with E-state index in [-0.39, 0.29) is 6.04 Å². The zero-order valence-electron chi connectivity index (χ0n) is 12.2. The predicted molar refractivity (Wildman–Crippen MR) is 78.7 cm³/mol. The molecule has 1 saturated carbocycles. The second-order valence-corrected chi connectivity index (χ2v) is 6.03. The van der Waals surface area contributed by atoms with Gasteiger partial charge in [-0.05, 0) is 31.7 Å². The van der Waals surface area contributed by atoms with Crippen LogP contribution >= 0.6 is 0 Å². The molecule has 110 valence electrons. The number of aromatic nitrogens is 2. The van der Waals surface area contributed by atoms with E-state index >= 15 is 0 Å². The summed E-state index contributed by atoms with van der Waals surface area (Å²) in [5.74, 6) is 0.846. The van der Waals surface area contributed by atoms with Gasteiger partial charge in [-0.15, -0.1) is 0 Å². The Kier molecular flexibility index (Phi) is 4.17. The van der Waals surface area contributed by atoms with Gasteiger partial charge in [0.2, 0.25) is 5.95 Å². The number of nitrogens with two attached hydrogens (primary N) is 1. The Labute approximate surface area is 120 Å². The minimum Gasteiger partial charge on any atom is -0.374 e. The van der Waals surface area contributed by atoms with Gasteiger partial charge in [-0.1, -0.05) is 12.8 Å². The summed E-state index contributed by atoms with van der Waals surface area (Å²) in [6, 6.07) is 0.604. The van der Waals surface area contributed by atoms with Crippen molar-refractivity contribution in [2.45, 2.75) is 57.2 Å². The summed E-state index contributed by atoms with van der Waals surface area (Å²) in [6.07, 6.45) is 9.95. The summed E-state index contributed by atoms with van der Waals surface area (Å²) in [4.78, 5) is 11.4. The molecule has 2 aliphatic rings. The van der Waals surface area contributed by atoms with E-state index in [0.29, 0.717) is 12.1 Å². The average molecular weight is 276 g/mol. The van der Waals surface area contributed by atoms with Crippen molar-refractivity contribution < 1.29 is 4.74 Å². The molecule has 2 heterocycles. The van der Waals surface area contributed by atoms with Gasteiger partial charge in [0, 0.05) is 25.0 Å². The highest BCUT2D eigenvalue weighted by molar-refractivity contribution is 5.33. The normalized spacial score (nSPS) is 28.0. The van der Waals surface area contributed by atoms with Gasteiger partial charge >= 0.3 is 0 Å². The van der Waals surface area contributed by atoms with Crippen molar-refractivity contribution in [3.05, 3.63) is 18.0 Å². The molecule has 0 amide bonds. The van der Waals surface area contributed by atoms with Crippen LogP contribution in [0.15, 0.2) is 12.4 Å². The fraction of sp³-hybridized carbons (Fsp3) is 0.733. The average Bonchev–Trinajstić information content (AvgIpc) is 2.47. The van der Waals surface area contributed by atoms with Crippen molar-refractivity contribution in [2.24, 2.45) is 5.73 Å². The van der Waals surface area contributed by atoms with Crippen molar-refractivity contribution in [3.8, 4) is 0 Å². The maximum absolute atomic E-state index is 5.90. The molecule has 1 aliphatic carbocycles. The van der Waals surface area contributed by atoms with Gasteiger partial charge in [-0.2, -0.15) is 0 Å². The quantitative estimate of drug-likeness (QED) is 0.906. The molecule has 0 bridgehead atoms. The third-order valence-corrected chi connectivity index (χ3v) is 4.24. The third-order valence-electron chi connectivity index (χ3n) is 4.24. The predicted octanol–water partition coefficient (Wildman–Crippen LogP) is 1.51. The van der Waals surface area contributed by atoms with Crippen molar-refractivity contribution in [2.75, 3.05) is 18.1 Å². The van der Waals surface area contributed by atoms with Crippen LogP contribution in [0.25, 0.3) is 0 Å². The third kappa shape index (κ3) is 2.94. The minimum atomic E-state index is 0.149. The fourth-order valence-corrected chi connectivity index (χ4v) is 3.32. The molecule has 3 rings (SSSR count). The maximum atomic E-state index is 5.90. The smallest absolute Gasteiger partial charge is 0.225 e. The number of hydrogen-bond donors (Lipinski definition) is 1. The van der Waals surface area contributed by atoms with Crippen LogP contribution in [0, 0.1) is 0 Å². The van der Waals surface area contributed by atoms with E-state index in [1.165, 1.54) is 25.7 Å². The van der Waals surface area contributed by atoms with Gasteiger partial charge in [0.1, 0.15) is 0 Å². The lowest BCUT2D eigenvalue weighted by Gasteiger charge is -2.43. The number of fused-ring (bicyclic) bond motifs is 1.